The lowest BCUT2D eigenvalue weighted by atomic mass is 10.1. The fourth-order valence-electron chi connectivity index (χ4n) is 3.75. The molecule has 10 heteroatoms. The molecule has 2 atom stereocenters. The summed E-state index contributed by atoms with van der Waals surface area (Å²) in [6.07, 6.45) is 5.82. The van der Waals surface area contributed by atoms with Crippen LogP contribution in [-0.4, -0.2) is 56.6 Å². The maximum Gasteiger partial charge on any atom is 0.270 e. The van der Waals surface area contributed by atoms with Gasteiger partial charge in [-0.3, -0.25) is 29.8 Å². The van der Waals surface area contributed by atoms with E-state index in [-0.39, 0.29) is 35.3 Å². The Labute approximate surface area is 196 Å². The fourth-order valence-corrected chi connectivity index (χ4v) is 3.75. The summed E-state index contributed by atoms with van der Waals surface area (Å²) in [5, 5.41) is 21.8. The summed E-state index contributed by atoms with van der Waals surface area (Å²) >= 11 is 0. The minimum atomic E-state index is -0.493. The molecule has 0 bridgehead atoms. The molecule has 0 spiro atoms. The molecule has 0 unspecified atom stereocenters. The van der Waals surface area contributed by atoms with Crippen molar-refractivity contribution in [3.63, 3.8) is 0 Å². The molecular formula is C24H24N4O6. The largest absolute Gasteiger partial charge is 0.333 e. The van der Waals surface area contributed by atoms with Crippen molar-refractivity contribution in [2.75, 3.05) is 13.1 Å². The first kappa shape index (κ1) is 24.3. The smallest absolute Gasteiger partial charge is 0.270 e. The van der Waals surface area contributed by atoms with E-state index in [1.807, 2.05) is 13.8 Å². The second-order valence-electron chi connectivity index (χ2n) is 8.05. The van der Waals surface area contributed by atoms with Crippen molar-refractivity contribution in [3.8, 4) is 0 Å². The molecule has 2 aromatic rings. The molecule has 2 aromatic carbocycles. The monoisotopic (exact) mass is 464 g/mol. The number of hydrogen-bond acceptors (Lipinski definition) is 6. The van der Waals surface area contributed by atoms with Crippen LogP contribution in [0.15, 0.2) is 60.7 Å². The van der Waals surface area contributed by atoms with Crippen LogP contribution in [0.3, 0.4) is 0 Å². The Morgan fingerprint density at radius 3 is 1.53 bits per heavy atom. The highest BCUT2D eigenvalue weighted by Gasteiger charge is 2.32. The molecule has 3 rings (SSSR count). The van der Waals surface area contributed by atoms with Crippen molar-refractivity contribution in [1.82, 2.24) is 9.80 Å². The average molecular weight is 464 g/mol. The number of nitro groups is 2. The SMILES string of the molecule is C[C@H]1CN(C(=O)/C=C/c2cccc([N+](=O)[O-])c2)[C@@H](C)CN1C(=O)/C=C/c1cccc([N+](=O)[O-])c1. The average Bonchev–Trinajstić information content (AvgIpc) is 2.82. The molecule has 0 N–H and O–H groups in total. The maximum atomic E-state index is 12.8. The van der Waals surface area contributed by atoms with Crippen molar-refractivity contribution < 1.29 is 19.4 Å². The van der Waals surface area contributed by atoms with Gasteiger partial charge in [0.2, 0.25) is 11.8 Å². The molecular weight excluding hydrogens is 440 g/mol. The predicted molar refractivity (Wildman–Crippen MR) is 127 cm³/mol. The van der Waals surface area contributed by atoms with Crippen molar-refractivity contribution >= 4 is 35.3 Å². The quantitative estimate of drug-likeness (QED) is 0.365. The summed E-state index contributed by atoms with van der Waals surface area (Å²) in [4.78, 5) is 49.7. The number of nitro benzene ring substituents is 2. The van der Waals surface area contributed by atoms with E-state index in [0.717, 1.165) is 0 Å². The van der Waals surface area contributed by atoms with Gasteiger partial charge in [-0.2, -0.15) is 0 Å². The van der Waals surface area contributed by atoms with Crippen molar-refractivity contribution in [3.05, 3.63) is 92.0 Å². The van der Waals surface area contributed by atoms with E-state index in [1.165, 1.54) is 48.6 Å². The van der Waals surface area contributed by atoms with Gasteiger partial charge in [-0.25, -0.2) is 0 Å². The van der Waals surface area contributed by atoms with Crippen LogP contribution >= 0.6 is 0 Å². The second kappa shape index (κ2) is 10.5. The highest BCUT2D eigenvalue weighted by Crippen LogP contribution is 2.19. The molecule has 1 fully saturated rings. The minimum absolute atomic E-state index is 0.0538. The number of non-ortho nitro benzene ring substituents is 2. The van der Waals surface area contributed by atoms with Crippen LogP contribution in [0.1, 0.15) is 25.0 Å². The van der Waals surface area contributed by atoms with E-state index < -0.39 is 9.85 Å². The van der Waals surface area contributed by atoms with E-state index in [4.69, 9.17) is 0 Å². The number of piperazine rings is 1. The third kappa shape index (κ3) is 5.91. The first-order chi connectivity index (χ1) is 16.2. The Morgan fingerprint density at radius 1 is 0.794 bits per heavy atom. The molecule has 2 amide bonds. The fraction of sp³-hybridized carbons (Fsp3) is 0.250. The lowest BCUT2D eigenvalue weighted by Crippen LogP contribution is -2.59. The summed E-state index contributed by atoms with van der Waals surface area (Å²) in [7, 11) is 0. The Bertz CT molecular complexity index is 1080. The predicted octanol–water partition coefficient (Wildman–Crippen LogP) is 3.68. The van der Waals surface area contributed by atoms with Gasteiger partial charge in [0.1, 0.15) is 0 Å². The van der Waals surface area contributed by atoms with Gasteiger partial charge in [-0.15, -0.1) is 0 Å². The minimum Gasteiger partial charge on any atom is -0.333 e. The van der Waals surface area contributed by atoms with Crippen LogP contribution in [0, 0.1) is 20.2 Å². The lowest BCUT2D eigenvalue weighted by Gasteiger charge is -2.43. The van der Waals surface area contributed by atoms with Crippen molar-refractivity contribution in [2.24, 2.45) is 0 Å². The molecule has 176 valence electrons. The molecule has 10 nitrogen and oxygen atoms in total. The molecule has 1 saturated heterocycles. The first-order valence-electron chi connectivity index (χ1n) is 10.6. The zero-order valence-electron chi connectivity index (χ0n) is 18.7. The third-order valence-electron chi connectivity index (χ3n) is 5.55. The normalized spacial score (nSPS) is 18.4. The van der Waals surface area contributed by atoms with E-state index in [9.17, 15) is 29.8 Å². The van der Waals surface area contributed by atoms with Crippen LogP contribution < -0.4 is 0 Å². The summed E-state index contributed by atoms with van der Waals surface area (Å²) in [5.74, 6) is -0.491. The Hall–Kier alpha value is -4.34. The standard InChI is InChI=1S/C24H24N4O6/c1-17-15-26(24(30)12-10-20-6-4-8-22(14-20)28(33)34)18(2)16-25(17)23(29)11-9-19-5-3-7-21(13-19)27(31)32/h3-14,17-18H,15-16H2,1-2H3/b11-9+,12-10+/t17-,18-/m0/s1. The number of rotatable bonds is 6. The van der Waals surface area contributed by atoms with Gasteiger partial charge in [0.25, 0.3) is 11.4 Å². The molecule has 0 aromatic heterocycles. The summed E-state index contributed by atoms with van der Waals surface area (Å²) in [5.41, 5.74) is 0.982. The van der Waals surface area contributed by atoms with Crippen molar-refractivity contribution in [2.45, 2.75) is 25.9 Å². The summed E-state index contributed by atoms with van der Waals surface area (Å²) < 4.78 is 0. The lowest BCUT2D eigenvalue weighted by molar-refractivity contribution is -0.385. The van der Waals surface area contributed by atoms with Gasteiger partial charge in [0, 0.05) is 61.6 Å². The number of amides is 2. The van der Waals surface area contributed by atoms with Crippen LogP contribution in [0.2, 0.25) is 0 Å². The summed E-state index contributed by atoms with van der Waals surface area (Å²) in [6, 6.07) is 11.5. The van der Waals surface area contributed by atoms with Crippen molar-refractivity contribution in [1.29, 1.82) is 0 Å². The molecule has 1 aliphatic rings. The topological polar surface area (TPSA) is 127 Å². The molecule has 1 aliphatic heterocycles. The zero-order valence-corrected chi connectivity index (χ0v) is 18.7. The molecule has 1 heterocycles. The van der Waals surface area contributed by atoms with Crippen LogP contribution in [0.4, 0.5) is 11.4 Å². The Morgan fingerprint density at radius 2 is 1.18 bits per heavy atom. The summed E-state index contributed by atoms with van der Waals surface area (Å²) in [6.45, 7) is 4.34. The highest BCUT2D eigenvalue weighted by atomic mass is 16.6. The number of nitrogens with zero attached hydrogens (tertiary/aromatic N) is 4. The van der Waals surface area contributed by atoms with Crippen LogP contribution in [0.25, 0.3) is 12.2 Å². The van der Waals surface area contributed by atoms with Gasteiger partial charge in [-0.05, 0) is 37.1 Å². The first-order valence-corrected chi connectivity index (χ1v) is 10.6. The van der Waals surface area contributed by atoms with Gasteiger partial charge in [-0.1, -0.05) is 24.3 Å². The molecule has 0 radical (unpaired) electrons. The molecule has 0 saturated carbocycles. The van der Waals surface area contributed by atoms with Gasteiger partial charge >= 0.3 is 0 Å². The third-order valence-corrected chi connectivity index (χ3v) is 5.55. The van der Waals surface area contributed by atoms with Crippen LogP contribution in [0.5, 0.6) is 0 Å². The second-order valence-corrected chi connectivity index (χ2v) is 8.05. The molecule has 0 aliphatic carbocycles. The number of carbonyl (C=O) groups is 2. The Balaban J connectivity index is 1.64. The zero-order chi connectivity index (χ0) is 24.8. The van der Waals surface area contributed by atoms with Gasteiger partial charge < -0.3 is 9.80 Å². The number of benzene rings is 2. The molecule has 34 heavy (non-hydrogen) atoms. The van der Waals surface area contributed by atoms with E-state index in [0.29, 0.717) is 24.2 Å². The highest BCUT2D eigenvalue weighted by molar-refractivity contribution is 5.94. The number of carbonyl (C=O) groups excluding carboxylic acids is 2. The maximum absolute atomic E-state index is 12.8. The van der Waals surface area contributed by atoms with E-state index in [2.05, 4.69) is 0 Å². The van der Waals surface area contributed by atoms with E-state index in [1.54, 1.807) is 34.1 Å². The number of hydrogen-bond donors (Lipinski definition) is 0. The van der Waals surface area contributed by atoms with Gasteiger partial charge in [0.05, 0.1) is 9.85 Å². The Kier molecular flexibility index (Phi) is 7.52. The van der Waals surface area contributed by atoms with E-state index >= 15 is 0 Å². The van der Waals surface area contributed by atoms with Gasteiger partial charge in [0.15, 0.2) is 0 Å². The van der Waals surface area contributed by atoms with Crippen LogP contribution in [-0.2, 0) is 9.59 Å².